The van der Waals surface area contributed by atoms with Crippen molar-refractivity contribution in [1.82, 2.24) is 0 Å². The normalized spacial score (nSPS) is 29.4. The first-order chi connectivity index (χ1) is 8.02. The molecule has 0 saturated carbocycles. The first-order valence-corrected chi connectivity index (χ1v) is 5.97. The molecule has 106 valence electrons. The lowest BCUT2D eigenvalue weighted by atomic mass is 9.91. The zero-order valence-electron chi connectivity index (χ0n) is 11.1. The van der Waals surface area contributed by atoms with Gasteiger partial charge in [-0.2, -0.15) is 13.2 Å². The van der Waals surface area contributed by atoms with Crippen LogP contribution in [-0.2, 0) is 14.3 Å². The van der Waals surface area contributed by atoms with E-state index in [0.29, 0.717) is 6.42 Å². The molecule has 0 aromatic heterocycles. The molecule has 0 aromatic carbocycles. The van der Waals surface area contributed by atoms with Crippen LogP contribution in [0.5, 0.6) is 0 Å². The fourth-order valence-electron chi connectivity index (χ4n) is 1.52. The van der Waals surface area contributed by atoms with Crippen LogP contribution in [-0.4, -0.2) is 24.0 Å². The molecule has 1 fully saturated rings. The van der Waals surface area contributed by atoms with Crippen LogP contribution in [0.25, 0.3) is 0 Å². The Bertz CT molecular complexity index is 325. The predicted octanol–water partition coefficient (Wildman–Crippen LogP) is 3.42. The zero-order chi connectivity index (χ0) is 14.2. The molecule has 6 heteroatoms. The van der Waals surface area contributed by atoms with E-state index >= 15 is 0 Å². The van der Waals surface area contributed by atoms with Crippen LogP contribution in [0.15, 0.2) is 0 Å². The maximum absolute atomic E-state index is 12.7. The van der Waals surface area contributed by atoms with Crippen LogP contribution in [0.3, 0.4) is 0 Å². The molecule has 2 unspecified atom stereocenters. The number of halogens is 3. The van der Waals surface area contributed by atoms with E-state index in [1.807, 2.05) is 6.92 Å². The van der Waals surface area contributed by atoms with Crippen molar-refractivity contribution >= 4 is 5.97 Å². The molecule has 0 bridgehead atoms. The molecular formula is C12H19F3O3. The highest BCUT2D eigenvalue weighted by Gasteiger charge is 2.57. The molecule has 0 aromatic rings. The first-order valence-electron chi connectivity index (χ1n) is 5.97. The van der Waals surface area contributed by atoms with Gasteiger partial charge in [0, 0.05) is 6.42 Å². The van der Waals surface area contributed by atoms with Gasteiger partial charge < -0.3 is 9.47 Å². The average molecular weight is 268 g/mol. The Hall–Kier alpha value is -0.780. The molecule has 0 radical (unpaired) electrons. The quantitative estimate of drug-likeness (QED) is 0.736. The molecule has 1 rings (SSSR count). The molecule has 0 spiro atoms. The Kier molecular flexibility index (Phi) is 4.00. The third-order valence-electron chi connectivity index (χ3n) is 3.52. The average Bonchev–Trinajstić information content (AvgIpc) is 2.60. The molecule has 1 heterocycles. The van der Waals surface area contributed by atoms with Gasteiger partial charge in [0.1, 0.15) is 0 Å². The van der Waals surface area contributed by atoms with Crippen LogP contribution in [0.1, 0.15) is 47.0 Å². The minimum atomic E-state index is -4.45. The van der Waals surface area contributed by atoms with Crippen molar-refractivity contribution in [2.45, 2.75) is 65.0 Å². The summed E-state index contributed by atoms with van der Waals surface area (Å²) < 4.78 is 47.9. The van der Waals surface area contributed by atoms with Gasteiger partial charge in [-0.05, 0) is 33.6 Å². The summed E-state index contributed by atoms with van der Waals surface area (Å²) in [5.74, 6) is -0.526. The molecule has 0 N–H and O–H groups in total. The lowest BCUT2D eigenvalue weighted by Crippen LogP contribution is -2.43. The Morgan fingerprint density at radius 2 is 2.00 bits per heavy atom. The summed E-state index contributed by atoms with van der Waals surface area (Å²) in [6.45, 7) is 6.17. The standard InChI is InChI=1S/C12H19F3O3/c1-5-10(2,3)9(16)17-8-6-7-11(4,18-8)12(13,14)15/h8H,5-7H2,1-4H3. The number of carbonyl (C=O) groups excluding carboxylic acids is 1. The number of hydrogen-bond donors (Lipinski definition) is 0. The number of rotatable bonds is 3. The van der Waals surface area contributed by atoms with Crippen LogP contribution in [0, 0.1) is 5.41 Å². The molecule has 0 aliphatic carbocycles. The summed E-state index contributed by atoms with van der Waals surface area (Å²) in [4.78, 5) is 11.7. The third-order valence-corrected chi connectivity index (χ3v) is 3.52. The first kappa shape index (κ1) is 15.3. The minimum Gasteiger partial charge on any atom is -0.435 e. The summed E-state index contributed by atoms with van der Waals surface area (Å²) in [5, 5.41) is 0. The third kappa shape index (κ3) is 2.96. The molecule has 2 atom stereocenters. The number of carbonyl (C=O) groups is 1. The SMILES string of the molecule is CCC(C)(C)C(=O)OC1CCC(C)(C(F)(F)F)O1. The Morgan fingerprint density at radius 3 is 2.39 bits per heavy atom. The van der Waals surface area contributed by atoms with Crippen molar-refractivity contribution in [2.75, 3.05) is 0 Å². The molecule has 1 aliphatic heterocycles. The van der Waals surface area contributed by atoms with E-state index in [1.54, 1.807) is 13.8 Å². The second-order valence-corrected chi connectivity index (χ2v) is 5.46. The molecule has 3 nitrogen and oxygen atoms in total. The van der Waals surface area contributed by atoms with Gasteiger partial charge in [0.05, 0.1) is 5.41 Å². The van der Waals surface area contributed by atoms with Gasteiger partial charge in [-0.25, -0.2) is 0 Å². The summed E-state index contributed by atoms with van der Waals surface area (Å²) >= 11 is 0. The van der Waals surface area contributed by atoms with Crippen LogP contribution in [0.2, 0.25) is 0 Å². The highest BCUT2D eigenvalue weighted by atomic mass is 19.4. The van der Waals surface area contributed by atoms with E-state index in [2.05, 4.69) is 0 Å². The van der Waals surface area contributed by atoms with E-state index < -0.39 is 29.5 Å². The van der Waals surface area contributed by atoms with Gasteiger partial charge in [0.25, 0.3) is 0 Å². The maximum Gasteiger partial charge on any atom is 0.417 e. The highest BCUT2D eigenvalue weighted by molar-refractivity contribution is 5.75. The highest BCUT2D eigenvalue weighted by Crippen LogP contribution is 2.43. The number of ether oxygens (including phenoxy) is 2. The van der Waals surface area contributed by atoms with Gasteiger partial charge >= 0.3 is 12.1 Å². The molecular weight excluding hydrogens is 249 g/mol. The van der Waals surface area contributed by atoms with Crippen molar-refractivity contribution in [2.24, 2.45) is 5.41 Å². The van der Waals surface area contributed by atoms with Crippen molar-refractivity contribution in [3.63, 3.8) is 0 Å². The van der Waals surface area contributed by atoms with E-state index in [4.69, 9.17) is 9.47 Å². The van der Waals surface area contributed by atoms with Gasteiger partial charge in [-0.15, -0.1) is 0 Å². The summed E-state index contributed by atoms with van der Waals surface area (Å²) in [7, 11) is 0. The maximum atomic E-state index is 12.7. The van der Waals surface area contributed by atoms with Gasteiger partial charge in [-0.3, -0.25) is 4.79 Å². The summed E-state index contributed by atoms with van der Waals surface area (Å²) in [6, 6.07) is 0. The fourth-order valence-corrected chi connectivity index (χ4v) is 1.52. The van der Waals surface area contributed by atoms with Gasteiger partial charge in [-0.1, -0.05) is 6.92 Å². The summed E-state index contributed by atoms with van der Waals surface area (Å²) in [6.07, 6.45) is -5.12. The van der Waals surface area contributed by atoms with Crippen LogP contribution < -0.4 is 0 Å². The predicted molar refractivity (Wildman–Crippen MR) is 58.7 cm³/mol. The van der Waals surface area contributed by atoms with Crippen LogP contribution in [0.4, 0.5) is 13.2 Å². The fraction of sp³-hybridized carbons (Fsp3) is 0.917. The van der Waals surface area contributed by atoms with Crippen molar-refractivity contribution in [1.29, 1.82) is 0 Å². The Labute approximate surface area is 105 Å². The second kappa shape index (κ2) is 4.72. The molecule has 1 aliphatic rings. The second-order valence-electron chi connectivity index (χ2n) is 5.46. The van der Waals surface area contributed by atoms with E-state index in [0.717, 1.165) is 6.92 Å². The van der Waals surface area contributed by atoms with Crippen molar-refractivity contribution in [3.8, 4) is 0 Å². The molecule has 1 saturated heterocycles. The number of esters is 1. The lowest BCUT2D eigenvalue weighted by Gasteiger charge is -2.28. The summed E-state index contributed by atoms with van der Waals surface area (Å²) in [5.41, 5.74) is -2.92. The Balaban J connectivity index is 2.62. The van der Waals surface area contributed by atoms with E-state index in [-0.39, 0.29) is 12.8 Å². The molecule has 0 amide bonds. The number of alkyl halides is 3. The minimum absolute atomic E-state index is 0.0710. The van der Waals surface area contributed by atoms with Crippen LogP contribution >= 0.6 is 0 Å². The lowest BCUT2D eigenvalue weighted by molar-refractivity contribution is -0.287. The topological polar surface area (TPSA) is 35.5 Å². The monoisotopic (exact) mass is 268 g/mol. The van der Waals surface area contributed by atoms with E-state index in [9.17, 15) is 18.0 Å². The van der Waals surface area contributed by atoms with E-state index in [1.165, 1.54) is 0 Å². The Morgan fingerprint density at radius 1 is 1.44 bits per heavy atom. The largest absolute Gasteiger partial charge is 0.435 e. The number of hydrogen-bond acceptors (Lipinski definition) is 3. The zero-order valence-corrected chi connectivity index (χ0v) is 11.1. The smallest absolute Gasteiger partial charge is 0.417 e. The van der Waals surface area contributed by atoms with Gasteiger partial charge in [0.2, 0.25) is 6.29 Å². The van der Waals surface area contributed by atoms with Crippen molar-refractivity contribution in [3.05, 3.63) is 0 Å². The van der Waals surface area contributed by atoms with Gasteiger partial charge in [0.15, 0.2) is 5.60 Å². The van der Waals surface area contributed by atoms with Crippen molar-refractivity contribution < 1.29 is 27.4 Å². The molecule has 18 heavy (non-hydrogen) atoms.